The van der Waals surface area contributed by atoms with Crippen molar-refractivity contribution in [2.45, 2.75) is 0 Å². The monoisotopic (exact) mass is 309 g/mol. The quantitative estimate of drug-likeness (QED) is 0.871. The fraction of sp³-hybridized carbons (Fsp3) is 0.467. The number of hydrogen-bond donors (Lipinski definition) is 1. The van der Waals surface area contributed by atoms with Gasteiger partial charge in [0.25, 0.3) is 5.91 Å². The molecule has 2 rings (SSSR count). The van der Waals surface area contributed by atoms with Crippen molar-refractivity contribution >= 4 is 11.8 Å². The predicted octanol–water partition coefficient (Wildman–Crippen LogP) is 0.338. The van der Waals surface area contributed by atoms with Crippen molar-refractivity contribution in [1.82, 2.24) is 15.1 Å². The summed E-state index contributed by atoms with van der Waals surface area (Å²) in [5, 5.41) is 2.57. The minimum Gasteiger partial charge on any atom is -0.494 e. The van der Waals surface area contributed by atoms with Crippen LogP contribution in [0.1, 0.15) is 10.4 Å². The third-order valence-electron chi connectivity index (χ3n) is 3.70. The zero-order valence-electron chi connectivity index (χ0n) is 12.8. The summed E-state index contributed by atoms with van der Waals surface area (Å²) in [6.07, 6.45) is 0. The molecule has 1 aliphatic rings. The molecule has 1 aromatic rings. The maximum absolute atomic E-state index is 13.7. The molecule has 0 saturated carbocycles. The highest BCUT2D eigenvalue weighted by molar-refractivity contribution is 5.94. The second-order valence-corrected chi connectivity index (χ2v) is 5.09. The van der Waals surface area contributed by atoms with Crippen molar-refractivity contribution in [2.75, 3.05) is 46.9 Å². The molecule has 0 aliphatic carbocycles. The maximum atomic E-state index is 13.7. The molecule has 1 N–H and O–H groups in total. The van der Waals surface area contributed by atoms with E-state index >= 15 is 0 Å². The lowest BCUT2D eigenvalue weighted by Gasteiger charge is -2.34. The van der Waals surface area contributed by atoms with Gasteiger partial charge in [0.05, 0.1) is 13.7 Å². The Hall–Kier alpha value is -2.15. The van der Waals surface area contributed by atoms with E-state index in [9.17, 15) is 14.0 Å². The Kier molecular flexibility index (Phi) is 5.32. The van der Waals surface area contributed by atoms with Gasteiger partial charge in [0.2, 0.25) is 5.91 Å². The number of nitrogens with one attached hydrogen (secondary N) is 1. The first-order chi connectivity index (χ1) is 10.5. The largest absolute Gasteiger partial charge is 0.494 e. The molecule has 0 atom stereocenters. The summed E-state index contributed by atoms with van der Waals surface area (Å²) >= 11 is 0. The fourth-order valence-corrected chi connectivity index (χ4v) is 2.37. The highest BCUT2D eigenvalue weighted by atomic mass is 19.1. The number of piperazine rings is 1. The summed E-state index contributed by atoms with van der Waals surface area (Å²) in [7, 11) is 2.98. The highest BCUT2D eigenvalue weighted by Gasteiger charge is 2.23. The summed E-state index contributed by atoms with van der Waals surface area (Å²) in [5.74, 6) is -0.684. The van der Waals surface area contributed by atoms with E-state index in [0.717, 1.165) is 0 Å². The number of methoxy groups -OCH3 is 1. The van der Waals surface area contributed by atoms with Crippen LogP contribution >= 0.6 is 0 Å². The van der Waals surface area contributed by atoms with Crippen LogP contribution in [0.25, 0.3) is 0 Å². The first-order valence-electron chi connectivity index (χ1n) is 7.11. The summed E-state index contributed by atoms with van der Waals surface area (Å²) in [6, 6.07) is 4.20. The third-order valence-corrected chi connectivity index (χ3v) is 3.70. The zero-order valence-corrected chi connectivity index (χ0v) is 12.8. The van der Waals surface area contributed by atoms with Crippen molar-refractivity contribution < 1.29 is 18.7 Å². The molecular formula is C15H20FN3O3. The molecule has 1 aliphatic heterocycles. The van der Waals surface area contributed by atoms with Crippen molar-refractivity contribution in [3.8, 4) is 5.75 Å². The second-order valence-electron chi connectivity index (χ2n) is 5.09. The number of halogens is 1. The Morgan fingerprint density at radius 3 is 2.50 bits per heavy atom. The van der Waals surface area contributed by atoms with Crippen LogP contribution in [0.3, 0.4) is 0 Å². The maximum Gasteiger partial charge on any atom is 0.254 e. The van der Waals surface area contributed by atoms with E-state index in [1.165, 1.54) is 19.2 Å². The van der Waals surface area contributed by atoms with Gasteiger partial charge >= 0.3 is 0 Å². The normalized spacial score (nSPS) is 15.5. The van der Waals surface area contributed by atoms with Gasteiger partial charge in [0, 0.05) is 38.8 Å². The Labute approximate surface area is 128 Å². The summed E-state index contributed by atoms with van der Waals surface area (Å²) in [4.78, 5) is 27.3. The van der Waals surface area contributed by atoms with E-state index < -0.39 is 5.82 Å². The molecule has 0 bridgehead atoms. The minimum absolute atomic E-state index is 0.0444. The minimum atomic E-state index is -0.549. The van der Waals surface area contributed by atoms with E-state index in [0.29, 0.717) is 38.3 Å². The van der Waals surface area contributed by atoms with Gasteiger partial charge in [-0.1, -0.05) is 0 Å². The lowest BCUT2D eigenvalue weighted by molar-refractivity contribution is -0.122. The SMILES string of the molecule is CNC(=O)CN1CCN(C(=O)c2ccc(OC)c(F)c2)CC1. The Balaban J connectivity index is 1.95. The Morgan fingerprint density at radius 1 is 1.27 bits per heavy atom. The molecule has 0 spiro atoms. The van der Waals surface area contributed by atoms with Crippen molar-refractivity contribution in [1.29, 1.82) is 0 Å². The summed E-state index contributed by atoms with van der Waals surface area (Å²) < 4.78 is 18.5. The number of benzene rings is 1. The van der Waals surface area contributed by atoms with Crippen molar-refractivity contribution in [3.05, 3.63) is 29.6 Å². The van der Waals surface area contributed by atoms with Crippen LogP contribution in [0, 0.1) is 5.82 Å². The molecule has 22 heavy (non-hydrogen) atoms. The molecule has 1 saturated heterocycles. The average Bonchev–Trinajstić information content (AvgIpc) is 2.54. The second kappa shape index (κ2) is 7.22. The summed E-state index contributed by atoms with van der Waals surface area (Å²) in [6.45, 7) is 2.61. The van der Waals surface area contributed by atoms with Gasteiger partial charge in [0.1, 0.15) is 0 Å². The van der Waals surface area contributed by atoms with Crippen molar-refractivity contribution in [2.24, 2.45) is 0 Å². The van der Waals surface area contributed by atoms with Gasteiger partial charge in [-0.2, -0.15) is 0 Å². The third kappa shape index (κ3) is 3.73. The number of likely N-dealkylation sites (N-methyl/N-ethyl adjacent to an activating group) is 1. The number of nitrogens with zero attached hydrogens (tertiary/aromatic N) is 2. The topological polar surface area (TPSA) is 61.9 Å². The van der Waals surface area contributed by atoms with Crippen LogP contribution in [-0.4, -0.2) is 68.5 Å². The zero-order chi connectivity index (χ0) is 16.1. The smallest absolute Gasteiger partial charge is 0.254 e. The number of rotatable bonds is 4. The van der Waals surface area contributed by atoms with E-state index in [1.807, 2.05) is 4.90 Å². The lowest BCUT2D eigenvalue weighted by Crippen LogP contribution is -2.50. The molecule has 0 radical (unpaired) electrons. The van der Waals surface area contributed by atoms with Gasteiger partial charge < -0.3 is 15.0 Å². The van der Waals surface area contributed by atoms with Gasteiger partial charge in [-0.25, -0.2) is 4.39 Å². The van der Waals surface area contributed by atoms with Crippen LogP contribution in [0.15, 0.2) is 18.2 Å². The number of amides is 2. The predicted molar refractivity (Wildman–Crippen MR) is 79.4 cm³/mol. The number of carbonyl (C=O) groups excluding carboxylic acids is 2. The van der Waals surface area contributed by atoms with Crippen LogP contribution in [-0.2, 0) is 4.79 Å². The number of carbonyl (C=O) groups is 2. The van der Waals surface area contributed by atoms with Crippen LogP contribution in [0.5, 0.6) is 5.75 Å². The fourth-order valence-electron chi connectivity index (χ4n) is 2.37. The number of hydrogen-bond acceptors (Lipinski definition) is 4. The first-order valence-corrected chi connectivity index (χ1v) is 7.11. The van der Waals surface area contributed by atoms with E-state index in [1.54, 1.807) is 18.0 Å². The lowest BCUT2D eigenvalue weighted by atomic mass is 10.1. The molecule has 120 valence electrons. The van der Waals surface area contributed by atoms with Crippen molar-refractivity contribution in [3.63, 3.8) is 0 Å². The Bertz CT molecular complexity index is 557. The van der Waals surface area contributed by atoms with Gasteiger partial charge in [-0.3, -0.25) is 14.5 Å². The molecule has 6 nitrogen and oxygen atoms in total. The Morgan fingerprint density at radius 2 is 1.95 bits per heavy atom. The highest BCUT2D eigenvalue weighted by Crippen LogP contribution is 2.19. The molecule has 2 amide bonds. The standard InChI is InChI=1S/C15H20FN3O3/c1-17-14(20)10-18-5-7-19(8-6-18)15(21)11-3-4-13(22-2)12(16)9-11/h3-4,9H,5-8,10H2,1-2H3,(H,17,20). The van der Waals surface area contributed by atoms with Gasteiger partial charge in [0.15, 0.2) is 11.6 Å². The molecule has 0 unspecified atom stereocenters. The van der Waals surface area contributed by atoms with Gasteiger partial charge in [-0.05, 0) is 18.2 Å². The van der Waals surface area contributed by atoms with E-state index in [2.05, 4.69) is 5.32 Å². The molecule has 1 aromatic carbocycles. The number of ether oxygens (including phenoxy) is 1. The molecule has 1 fully saturated rings. The first kappa shape index (κ1) is 16.2. The molecule has 0 aromatic heterocycles. The average molecular weight is 309 g/mol. The molecular weight excluding hydrogens is 289 g/mol. The van der Waals surface area contributed by atoms with Crippen LogP contribution < -0.4 is 10.1 Å². The van der Waals surface area contributed by atoms with E-state index in [4.69, 9.17) is 4.74 Å². The van der Waals surface area contributed by atoms with E-state index in [-0.39, 0.29) is 17.6 Å². The van der Waals surface area contributed by atoms with Crippen LogP contribution in [0.2, 0.25) is 0 Å². The molecule has 1 heterocycles. The van der Waals surface area contributed by atoms with Crippen LogP contribution in [0.4, 0.5) is 4.39 Å². The molecule has 7 heteroatoms. The summed E-state index contributed by atoms with van der Waals surface area (Å²) in [5.41, 5.74) is 0.304. The van der Waals surface area contributed by atoms with Gasteiger partial charge in [-0.15, -0.1) is 0 Å².